The van der Waals surface area contributed by atoms with Crippen molar-refractivity contribution in [3.05, 3.63) is 30.5 Å². The van der Waals surface area contributed by atoms with E-state index in [0.29, 0.717) is 35.7 Å². The number of anilines is 2. The molecule has 0 radical (unpaired) electrons. The molecule has 35 heavy (non-hydrogen) atoms. The maximum atomic E-state index is 14.7. The summed E-state index contributed by atoms with van der Waals surface area (Å²) in [6.07, 6.45) is 0.921. The van der Waals surface area contributed by atoms with E-state index in [4.69, 9.17) is 10.3 Å². The van der Waals surface area contributed by atoms with E-state index < -0.39 is 24.9 Å². The Labute approximate surface area is 201 Å². The topological polar surface area (TPSA) is 120 Å². The predicted molar refractivity (Wildman–Crippen MR) is 128 cm³/mol. The van der Waals surface area contributed by atoms with Gasteiger partial charge in [0, 0.05) is 25.2 Å². The summed E-state index contributed by atoms with van der Waals surface area (Å²) in [5.74, 6) is 0.357. The Bertz CT molecular complexity index is 1230. The largest absolute Gasteiger partial charge is 0.479 e. The SMILES string of the molecule is COc1nc(N[C@H]2CCN(C(C)=O)C[C@H]2F)nn2ccc(-c3ccc(N=N)c(N[C@@H](C)CF)c3)c12. The Morgan fingerprint density at radius 2 is 2.20 bits per heavy atom. The Hall–Kier alpha value is -3.83. The van der Waals surface area contributed by atoms with Crippen molar-refractivity contribution in [1.82, 2.24) is 19.5 Å². The Morgan fingerprint density at radius 1 is 1.40 bits per heavy atom. The number of piperidine rings is 1. The van der Waals surface area contributed by atoms with E-state index in [2.05, 4.69) is 25.8 Å². The second kappa shape index (κ2) is 10.2. The van der Waals surface area contributed by atoms with Crippen LogP contribution in [0.3, 0.4) is 0 Å². The zero-order valence-corrected chi connectivity index (χ0v) is 19.8. The van der Waals surface area contributed by atoms with E-state index in [9.17, 15) is 13.6 Å². The van der Waals surface area contributed by atoms with Gasteiger partial charge < -0.3 is 20.3 Å². The molecule has 10 nitrogen and oxygen atoms in total. The van der Waals surface area contributed by atoms with E-state index >= 15 is 0 Å². The molecule has 3 atom stereocenters. The summed E-state index contributed by atoms with van der Waals surface area (Å²) in [5, 5.41) is 14.1. The van der Waals surface area contributed by atoms with E-state index in [-0.39, 0.29) is 18.4 Å². The lowest BCUT2D eigenvalue weighted by Crippen LogP contribution is -2.49. The maximum absolute atomic E-state index is 14.7. The van der Waals surface area contributed by atoms with E-state index in [1.807, 2.05) is 6.07 Å². The molecule has 0 spiro atoms. The zero-order valence-electron chi connectivity index (χ0n) is 19.8. The van der Waals surface area contributed by atoms with Crippen LogP contribution in [0.5, 0.6) is 5.88 Å². The second-order valence-electron chi connectivity index (χ2n) is 8.53. The van der Waals surface area contributed by atoms with Gasteiger partial charge in [0.15, 0.2) is 0 Å². The van der Waals surface area contributed by atoms with Crippen LogP contribution in [0.4, 0.5) is 26.1 Å². The van der Waals surface area contributed by atoms with Crippen LogP contribution in [0.25, 0.3) is 16.6 Å². The molecule has 12 heteroatoms. The number of ether oxygens (including phenoxy) is 1. The van der Waals surface area contributed by atoms with Gasteiger partial charge in [-0.05, 0) is 37.1 Å². The van der Waals surface area contributed by atoms with Crippen molar-refractivity contribution in [3.8, 4) is 17.0 Å². The van der Waals surface area contributed by atoms with Crippen molar-refractivity contribution in [1.29, 1.82) is 5.53 Å². The van der Waals surface area contributed by atoms with Gasteiger partial charge in [0.05, 0.1) is 31.4 Å². The lowest BCUT2D eigenvalue weighted by atomic mass is 10.0. The molecule has 3 aromatic rings. The van der Waals surface area contributed by atoms with Crippen LogP contribution in [-0.2, 0) is 4.79 Å². The molecule has 1 saturated heterocycles. The zero-order chi connectivity index (χ0) is 25.1. The average molecular weight is 487 g/mol. The van der Waals surface area contributed by atoms with Crippen LogP contribution in [-0.4, -0.2) is 70.5 Å². The minimum Gasteiger partial charge on any atom is -0.479 e. The van der Waals surface area contributed by atoms with Gasteiger partial charge in [-0.2, -0.15) is 10.1 Å². The van der Waals surface area contributed by atoms with Crippen molar-refractivity contribution in [3.63, 3.8) is 0 Å². The fourth-order valence-corrected chi connectivity index (χ4v) is 4.17. The molecule has 4 rings (SSSR count). The quantitative estimate of drug-likeness (QED) is 0.411. The van der Waals surface area contributed by atoms with Gasteiger partial charge in [-0.25, -0.2) is 18.8 Å². The normalized spacial score (nSPS) is 18.8. The first-order chi connectivity index (χ1) is 16.8. The number of nitrogens with zero attached hydrogens (tertiary/aromatic N) is 5. The van der Waals surface area contributed by atoms with Gasteiger partial charge in [0.25, 0.3) is 0 Å². The van der Waals surface area contributed by atoms with Gasteiger partial charge in [0.1, 0.15) is 24.1 Å². The molecule has 1 amide bonds. The Balaban J connectivity index is 1.65. The molecule has 186 valence electrons. The number of aromatic nitrogens is 3. The monoisotopic (exact) mass is 486 g/mol. The summed E-state index contributed by atoms with van der Waals surface area (Å²) >= 11 is 0. The molecule has 0 aliphatic carbocycles. The van der Waals surface area contributed by atoms with Crippen molar-refractivity contribution in [2.24, 2.45) is 5.11 Å². The number of benzene rings is 1. The van der Waals surface area contributed by atoms with Crippen molar-refractivity contribution in [2.45, 2.75) is 38.5 Å². The maximum Gasteiger partial charge on any atom is 0.244 e. The molecular weight excluding hydrogens is 458 g/mol. The van der Waals surface area contributed by atoms with Crippen molar-refractivity contribution < 1.29 is 18.3 Å². The Kier molecular flexibility index (Phi) is 7.08. The summed E-state index contributed by atoms with van der Waals surface area (Å²) in [4.78, 5) is 17.5. The highest BCUT2D eigenvalue weighted by Crippen LogP contribution is 2.36. The minimum absolute atomic E-state index is 0.0258. The number of amides is 1. The van der Waals surface area contributed by atoms with Crippen LogP contribution >= 0.6 is 0 Å². The van der Waals surface area contributed by atoms with E-state index in [1.165, 1.54) is 18.9 Å². The number of carbonyl (C=O) groups excluding carboxylic acids is 1. The summed E-state index contributed by atoms with van der Waals surface area (Å²) in [6.45, 7) is 3.05. The summed E-state index contributed by atoms with van der Waals surface area (Å²) < 4.78 is 34.9. The van der Waals surface area contributed by atoms with E-state index in [1.54, 1.807) is 35.8 Å². The molecule has 1 aromatic carbocycles. The average Bonchev–Trinajstić information content (AvgIpc) is 3.28. The number of hydrogen-bond donors (Lipinski definition) is 3. The number of nitrogens with one attached hydrogen (secondary N) is 3. The highest BCUT2D eigenvalue weighted by molar-refractivity contribution is 5.87. The number of rotatable bonds is 8. The number of fused-ring (bicyclic) bond motifs is 1. The fourth-order valence-electron chi connectivity index (χ4n) is 4.17. The van der Waals surface area contributed by atoms with Crippen LogP contribution in [0.1, 0.15) is 20.3 Å². The molecule has 3 heterocycles. The first-order valence-corrected chi connectivity index (χ1v) is 11.3. The van der Waals surface area contributed by atoms with Gasteiger partial charge in [0.2, 0.25) is 17.7 Å². The third kappa shape index (κ3) is 5.00. The van der Waals surface area contributed by atoms with Gasteiger partial charge in [-0.3, -0.25) is 4.79 Å². The molecular formula is C23H28F2N8O2. The molecule has 0 saturated carbocycles. The van der Waals surface area contributed by atoms with Crippen LogP contribution in [0.2, 0.25) is 0 Å². The summed E-state index contributed by atoms with van der Waals surface area (Å²) in [7, 11) is 1.49. The number of hydrogen-bond acceptors (Lipinski definition) is 8. The minimum atomic E-state index is -1.25. The lowest BCUT2D eigenvalue weighted by molar-refractivity contribution is -0.131. The molecule has 3 N–H and O–H groups in total. The molecule has 0 bridgehead atoms. The number of halogens is 2. The third-order valence-electron chi connectivity index (χ3n) is 6.04. The van der Waals surface area contributed by atoms with Crippen LogP contribution in [0, 0.1) is 5.53 Å². The smallest absolute Gasteiger partial charge is 0.244 e. The number of alkyl halides is 2. The molecule has 0 unspecified atom stereocenters. The van der Waals surface area contributed by atoms with Crippen LogP contribution in [0.15, 0.2) is 35.6 Å². The van der Waals surface area contributed by atoms with Crippen molar-refractivity contribution >= 4 is 28.7 Å². The number of likely N-dealkylation sites (tertiary alicyclic amines) is 1. The number of carbonyl (C=O) groups is 1. The summed E-state index contributed by atoms with van der Waals surface area (Å²) in [5.41, 5.74) is 10.5. The van der Waals surface area contributed by atoms with Gasteiger partial charge in [-0.1, -0.05) is 6.07 Å². The standard InChI is InChI=1S/C23H28F2N8O2/c1-13(11-24)27-20-10-15(4-5-19(20)30-26)16-6-9-33-21(16)22(35-3)29-23(31-33)28-18-7-8-32(14(2)34)12-17(18)25/h4-6,9-10,13,17-18,26-27H,7-8,11-12H2,1-3H3,(H,28,31)/t13-,17+,18-/m0/s1. The third-order valence-corrected chi connectivity index (χ3v) is 6.04. The fraction of sp³-hybridized carbons (Fsp3) is 0.435. The second-order valence-corrected chi connectivity index (χ2v) is 8.53. The number of methoxy groups -OCH3 is 1. The molecule has 1 fully saturated rings. The van der Waals surface area contributed by atoms with Crippen LogP contribution < -0.4 is 15.4 Å². The van der Waals surface area contributed by atoms with Gasteiger partial charge in [-0.15, -0.1) is 5.10 Å². The van der Waals surface area contributed by atoms with Gasteiger partial charge >= 0.3 is 0 Å². The first-order valence-electron chi connectivity index (χ1n) is 11.3. The van der Waals surface area contributed by atoms with Crippen molar-refractivity contribution in [2.75, 3.05) is 37.5 Å². The highest BCUT2D eigenvalue weighted by atomic mass is 19.1. The molecule has 1 aliphatic heterocycles. The highest BCUT2D eigenvalue weighted by Gasteiger charge is 2.31. The Morgan fingerprint density at radius 3 is 2.86 bits per heavy atom. The van der Waals surface area contributed by atoms with E-state index in [0.717, 1.165) is 11.1 Å². The first kappa shape index (κ1) is 24.3. The summed E-state index contributed by atoms with van der Waals surface area (Å²) in [6, 6.07) is 6.14. The molecule has 2 aromatic heterocycles. The molecule has 1 aliphatic rings. The lowest BCUT2D eigenvalue weighted by Gasteiger charge is -2.34. The predicted octanol–water partition coefficient (Wildman–Crippen LogP) is 4.21.